The van der Waals surface area contributed by atoms with Crippen molar-refractivity contribution in [2.24, 2.45) is 0 Å². The third kappa shape index (κ3) is 4.28. The Balaban J connectivity index is 1.40. The lowest BCUT2D eigenvalue weighted by Crippen LogP contribution is -2.36. The molecule has 0 unspecified atom stereocenters. The normalized spacial score (nSPS) is 16.6. The second-order valence-corrected chi connectivity index (χ2v) is 7.12. The summed E-state index contributed by atoms with van der Waals surface area (Å²) in [5.74, 6) is 1.83. The quantitative estimate of drug-likeness (QED) is 0.659. The van der Waals surface area contributed by atoms with E-state index in [1.165, 1.54) is 6.07 Å². The first-order valence-electron chi connectivity index (χ1n) is 8.98. The summed E-state index contributed by atoms with van der Waals surface area (Å²) in [6.07, 6.45) is 3.13. The van der Waals surface area contributed by atoms with Gasteiger partial charge in [0.05, 0.1) is 23.5 Å². The third-order valence-corrected chi connectivity index (χ3v) is 4.59. The number of ether oxygens (including phenoxy) is 2. The zero-order chi connectivity index (χ0) is 19.5. The fourth-order valence-corrected chi connectivity index (χ4v) is 3.16. The van der Waals surface area contributed by atoms with E-state index in [0.29, 0.717) is 42.1 Å². The number of H-pyrrole nitrogens is 1. The molecule has 0 amide bonds. The molecule has 9 heteroatoms. The molecule has 28 heavy (non-hydrogen) atoms. The molecule has 4 rings (SSSR count). The van der Waals surface area contributed by atoms with Gasteiger partial charge in [0, 0.05) is 24.7 Å². The summed E-state index contributed by atoms with van der Waals surface area (Å²) < 4.78 is 13.3. The number of halogens is 1. The Kier molecular flexibility index (Phi) is 5.21. The second-order valence-electron chi connectivity index (χ2n) is 6.68. The molecule has 0 radical (unpaired) electrons. The fraction of sp³-hybridized carbons (Fsp3) is 0.316. The maximum absolute atomic E-state index is 12.1. The van der Waals surface area contributed by atoms with E-state index in [2.05, 4.69) is 20.4 Å². The third-order valence-electron chi connectivity index (χ3n) is 4.39. The predicted octanol–water partition coefficient (Wildman–Crippen LogP) is 2.68. The lowest BCUT2D eigenvalue weighted by atomic mass is 10.1. The molecular formula is C19H20ClN5O3. The van der Waals surface area contributed by atoms with Gasteiger partial charge in [0.1, 0.15) is 12.7 Å². The van der Waals surface area contributed by atoms with Gasteiger partial charge in [0.15, 0.2) is 11.5 Å². The van der Waals surface area contributed by atoms with Crippen LogP contribution in [0.15, 0.2) is 47.5 Å². The van der Waals surface area contributed by atoms with Gasteiger partial charge in [-0.25, -0.2) is 4.98 Å². The Bertz CT molecular complexity index is 1020. The average molecular weight is 402 g/mol. The van der Waals surface area contributed by atoms with E-state index in [-0.39, 0.29) is 17.6 Å². The summed E-state index contributed by atoms with van der Waals surface area (Å²) in [5, 5.41) is 7.87. The zero-order valence-electron chi connectivity index (χ0n) is 15.3. The van der Waals surface area contributed by atoms with Crippen LogP contribution in [0.3, 0.4) is 0 Å². The standard InChI is InChI=1S/C19H20ClN5O3/c1-12(9-25-10-13(20)7-22-25)15-6-18(26)24-19(23-15)21-8-14-11-27-16-4-2-3-5-17(16)28-14/h2-7,10,12,14H,8-9,11H2,1H3,(H2,21,23,24,26)/t12-,14-/m0/s1. The van der Waals surface area contributed by atoms with E-state index in [1.54, 1.807) is 17.1 Å². The highest BCUT2D eigenvalue weighted by molar-refractivity contribution is 6.30. The number of para-hydroxylation sites is 2. The maximum atomic E-state index is 12.1. The van der Waals surface area contributed by atoms with Crippen molar-refractivity contribution in [3.8, 4) is 11.5 Å². The van der Waals surface area contributed by atoms with Gasteiger partial charge in [-0.05, 0) is 12.1 Å². The molecule has 3 aromatic rings. The van der Waals surface area contributed by atoms with Crippen molar-refractivity contribution < 1.29 is 9.47 Å². The van der Waals surface area contributed by atoms with Gasteiger partial charge in [-0.1, -0.05) is 30.7 Å². The van der Waals surface area contributed by atoms with Gasteiger partial charge in [0.2, 0.25) is 5.95 Å². The van der Waals surface area contributed by atoms with E-state index in [9.17, 15) is 4.79 Å². The number of aromatic nitrogens is 4. The summed E-state index contributed by atoms with van der Waals surface area (Å²) in [6, 6.07) is 9.03. The van der Waals surface area contributed by atoms with Gasteiger partial charge in [-0.15, -0.1) is 0 Å². The van der Waals surface area contributed by atoms with Crippen molar-refractivity contribution in [2.75, 3.05) is 18.5 Å². The second kappa shape index (κ2) is 7.93. The Morgan fingerprint density at radius 2 is 2.21 bits per heavy atom. The van der Waals surface area contributed by atoms with E-state index >= 15 is 0 Å². The van der Waals surface area contributed by atoms with E-state index in [4.69, 9.17) is 21.1 Å². The highest BCUT2D eigenvalue weighted by atomic mass is 35.5. The number of fused-ring (bicyclic) bond motifs is 1. The molecule has 0 saturated heterocycles. The van der Waals surface area contributed by atoms with Crippen molar-refractivity contribution in [3.63, 3.8) is 0 Å². The first kappa shape index (κ1) is 18.4. The van der Waals surface area contributed by atoms with Crippen molar-refractivity contribution in [1.82, 2.24) is 19.7 Å². The molecule has 1 aliphatic heterocycles. The van der Waals surface area contributed by atoms with Crippen LogP contribution in [0.4, 0.5) is 5.95 Å². The monoisotopic (exact) mass is 401 g/mol. The molecular weight excluding hydrogens is 382 g/mol. The maximum Gasteiger partial charge on any atom is 0.252 e. The molecule has 0 fully saturated rings. The molecule has 8 nitrogen and oxygen atoms in total. The minimum absolute atomic E-state index is 0.0139. The Hall–Kier alpha value is -3.00. The van der Waals surface area contributed by atoms with Gasteiger partial charge in [-0.3, -0.25) is 14.5 Å². The number of hydrogen-bond acceptors (Lipinski definition) is 6. The molecule has 3 heterocycles. The molecule has 0 spiro atoms. The highest BCUT2D eigenvalue weighted by Crippen LogP contribution is 2.30. The summed E-state index contributed by atoms with van der Waals surface area (Å²) >= 11 is 5.90. The van der Waals surface area contributed by atoms with Crippen LogP contribution < -0.4 is 20.3 Å². The minimum atomic E-state index is -0.219. The topological polar surface area (TPSA) is 94.1 Å². The number of hydrogen-bond donors (Lipinski definition) is 2. The van der Waals surface area contributed by atoms with Gasteiger partial charge in [0.25, 0.3) is 5.56 Å². The smallest absolute Gasteiger partial charge is 0.252 e. The minimum Gasteiger partial charge on any atom is -0.486 e. The van der Waals surface area contributed by atoms with Crippen LogP contribution in [0.5, 0.6) is 11.5 Å². The summed E-state index contributed by atoms with van der Waals surface area (Å²) in [6.45, 7) is 3.42. The van der Waals surface area contributed by atoms with Crippen molar-refractivity contribution in [1.29, 1.82) is 0 Å². The van der Waals surface area contributed by atoms with Crippen molar-refractivity contribution in [3.05, 3.63) is 63.8 Å². The van der Waals surface area contributed by atoms with Crippen LogP contribution in [0, 0.1) is 0 Å². The molecule has 0 aliphatic carbocycles. The average Bonchev–Trinajstić information content (AvgIpc) is 3.10. The molecule has 2 atom stereocenters. The van der Waals surface area contributed by atoms with Crippen LogP contribution in [-0.2, 0) is 6.54 Å². The predicted molar refractivity (Wildman–Crippen MR) is 105 cm³/mol. The fourth-order valence-electron chi connectivity index (χ4n) is 3.00. The summed E-state index contributed by atoms with van der Waals surface area (Å²) in [5.41, 5.74) is 0.452. The first-order valence-corrected chi connectivity index (χ1v) is 9.36. The lowest BCUT2D eigenvalue weighted by Gasteiger charge is -2.26. The first-order chi connectivity index (χ1) is 13.6. The van der Waals surface area contributed by atoms with Gasteiger partial charge >= 0.3 is 0 Å². The summed E-state index contributed by atoms with van der Waals surface area (Å²) in [7, 11) is 0. The van der Waals surface area contributed by atoms with Crippen molar-refractivity contribution in [2.45, 2.75) is 25.5 Å². The number of nitrogens with one attached hydrogen (secondary N) is 2. The molecule has 1 aliphatic rings. The summed E-state index contributed by atoms with van der Waals surface area (Å²) in [4.78, 5) is 19.3. The largest absolute Gasteiger partial charge is 0.486 e. The molecule has 2 aromatic heterocycles. The van der Waals surface area contributed by atoms with E-state index < -0.39 is 0 Å². The zero-order valence-corrected chi connectivity index (χ0v) is 16.0. The van der Waals surface area contributed by atoms with Crippen LogP contribution in [0.25, 0.3) is 0 Å². The molecule has 0 saturated carbocycles. The highest BCUT2D eigenvalue weighted by Gasteiger charge is 2.20. The van der Waals surface area contributed by atoms with Crippen LogP contribution >= 0.6 is 11.6 Å². The van der Waals surface area contributed by atoms with Crippen molar-refractivity contribution >= 4 is 17.5 Å². The molecule has 0 bridgehead atoms. The number of nitrogens with zero attached hydrogens (tertiary/aromatic N) is 3. The van der Waals surface area contributed by atoms with E-state index in [0.717, 1.165) is 5.75 Å². The van der Waals surface area contributed by atoms with Crippen LogP contribution in [0.2, 0.25) is 5.02 Å². The van der Waals surface area contributed by atoms with Gasteiger partial charge in [-0.2, -0.15) is 5.10 Å². The van der Waals surface area contributed by atoms with Crippen LogP contribution in [-0.4, -0.2) is 39.0 Å². The molecule has 1 aromatic carbocycles. The molecule has 2 N–H and O–H groups in total. The Morgan fingerprint density at radius 3 is 3.00 bits per heavy atom. The van der Waals surface area contributed by atoms with Crippen LogP contribution in [0.1, 0.15) is 18.5 Å². The number of anilines is 1. The Morgan fingerprint density at radius 1 is 1.39 bits per heavy atom. The number of rotatable bonds is 6. The number of benzene rings is 1. The Labute approximate surface area is 166 Å². The molecule has 146 valence electrons. The van der Waals surface area contributed by atoms with E-state index in [1.807, 2.05) is 31.2 Å². The SMILES string of the molecule is C[C@@H](Cn1cc(Cl)cn1)c1cc(=O)[nH]c(NC[C@H]2COc3ccccc3O2)n1. The van der Waals surface area contributed by atoms with Gasteiger partial charge < -0.3 is 14.8 Å². The lowest BCUT2D eigenvalue weighted by molar-refractivity contribution is 0.0996. The number of aromatic amines is 1.